The van der Waals surface area contributed by atoms with E-state index < -0.39 is 0 Å². The smallest absolute Gasteiger partial charge is 0.167 e. The van der Waals surface area contributed by atoms with Gasteiger partial charge in [-0.25, -0.2) is 4.98 Å². The van der Waals surface area contributed by atoms with Crippen molar-refractivity contribution in [3.05, 3.63) is 27.5 Å². The lowest BCUT2D eigenvalue weighted by atomic mass is 10.2. The van der Waals surface area contributed by atoms with Crippen LogP contribution in [0.15, 0.2) is 27.5 Å². The lowest BCUT2D eigenvalue weighted by Crippen LogP contribution is -2.27. The van der Waals surface area contributed by atoms with E-state index in [0.29, 0.717) is 5.82 Å². The Morgan fingerprint density at radius 2 is 2.27 bits per heavy atom. The molecule has 0 amide bonds. The third-order valence-electron chi connectivity index (χ3n) is 3.96. The molecule has 4 rings (SSSR count). The van der Waals surface area contributed by atoms with Crippen LogP contribution in [0.3, 0.4) is 0 Å². The van der Waals surface area contributed by atoms with E-state index in [4.69, 9.17) is 16.5 Å². The van der Waals surface area contributed by atoms with Crippen LogP contribution in [0.25, 0.3) is 16.8 Å². The fraction of sp³-hybridized carbons (Fsp3) is 0.286. The van der Waals surface area contributed by atoms with E-state index in [1.54, 1.807) is 15.9 Å². The molecule has 22 heavy (non-hydrogen) atoms. The molecule has 4 heterocycles. The zero-order valence-corrected chi connectivity index (χ0v) is 14.1. The Hall–Kier alpha value is -1.64. The molecule has 0 aromatic carbocycles. The second-order valence-electron chi connectivity index (χ2n) is 5.44. The van der Waals surface area contributed by atoms with Gasteiger partial charge in [0, 0.05) is 24.7 Å². The Bertz CT molecular complexity index is 828. The number of fused-ring (bicyclic) bond motifs is 1. The van der Waals surface area contributed by atoms with E-state index in [9.17, 15) is 0 Å². The lowest BCUT2D eigenvalue weighted by Gasteiger charge is -2.19. The summed E-state index contributed by atoms with van der Waals surface area (Å²) >= 11 is 5.21. The number of nitrogens with two attached hydrogens (primary N) is 2. The molecule has 3 aromatic rings. The van der Waals surface area contributed by atoms with Crippen molar-refractivity contribution in [1.29, 1.82) is 0 Å². The van der Waals surface area contributed by atoms with Crippen LogP contribution < -0.4 is 16.4 Å². The number of anilines is 2. The molecule has 1 saturated heterocycles. The summed E-state index contributed by atoms with van der Waals surface area (Å²) in [5, 5.41) is 8.51. The Kier molecular flexibility index (Phi) is 3.32. The summed E-state index contributed by atoms with van der Waals surface area (Å²) in [5.74, 6) is 1.40. The van der Waals surface area contributed by atoms with Crippen LogP contribution in [0.2, 0.25) is 0 Å². The monoisotopic (exact) mass is 378 g/mol. The van der Waals surface area contributed by atoms with Crippen molar-refractivity contribution in [2.45, 2.75) is 12.5 Å². The topological polar surface area (TPSA) is 85.5 Å². The van der Waals surface area contributed by atoms with Crippen molar-refractivity contribution < 1.29 is 0 Å². The fourth-order valence-corrected chi connectivity index (χ4v) is 3.96. The van der Waals surface area contributed by atoms with Gasteiger partial charge < -0.3 is 16.4 Å². The first kappa shape index (κ1) is 14.0. The van der Waals surface area contributed by atoms with Crippen molar-refractivity contribution in [3.8, 4) is 11.1 Å². The third-order valence-corrected chi connectivity index (χ3v) is 5.41. The van der Waals surface area contributed by atoms with Gasteiger partial charge in [0.25, 0.3) is 0 Å². The number of aromatic nitrogens is 3. The van der Waals surface area contributed by atoms with Crippen LogP contribution in [-0.4, -0.2) is 33.7 Å². The molecule has 3 aromatic heterocycles. The summed E-state index contributed by atoms with van der Waals surface area (Å²) in [4.78, 5) is 6.99. The Labute approximate surface area is 139 Å². The molecule has 0 spiro atoms. The summed E-state index contributed by atoms with van der Waals surface area (Å²) in [7, 11) is 0. The van der Waals surface area contributed by atoms with Gasteiger partial charge in [0.1, 0.15) is 16.1 Å². The maximum absolute atomic E-state index is 6.25. The molecule has 0 unspecified atom stereocenters. The number of thiophene rings is 1. The quantitative estimate of drug-likeness (QED) is 0.714. The standard InChI is InChI=1S/C14H15BrN6S/c15-11-12(17)21-13(10(5-18-21)8-2-4-22-7-8)19-14(11)20-3-1-9(16)6-20/h2,4-5,7,9H,1,3,6,16-17H2/t9-/m0/s1. The van der Waals surface area contributed by atoms with Gasteiger partial charge in [0.2, 0.25) is 0 Å². The Morgan fingerprint density at radius 1 is 1.41 bits per heavy atom. The van der Waals surface area contributed by atoms with Crippen molar-refractivity contribution in [2.24, 2.45) is 5.73 Å². The average Bonchev–Trinajstić information content (AvgIpc) is 3.22. The molecule has 0 bridgehead atoms. The van der Waals surface area contributed by atoms with Crippen LogP contribution in [0.5, 0.6) is 0 Å². The van der Waals surface area contributed by atoms with E-state index >= 15 is 0 Å². The molecule has 0 radical (unpaired) electrons. The molecule has 1 atom stereocenters. The number of hydrogen-bond acceptors (Lipinski definition) is 6. The summed E-state index contributed by atoms with van der Waals surface area (Å²) in [5.41, 5.74) is 15.1. The Balaban J connectivity index is 1.91. The van der Waals surface area contributed by atoms with Gasteiger partial charge in [-0.05, 0) is 44.7 Å². The number of rotatable bonds is 2. The van der Waals surface area contributed by atoms with E-state index in [-0.39, 0.29) is 6.04 Å². The van der Waals surface area contributed by atoms with Gasteiger partial charge in [0.15, 0.2) is 5.65 Å². The normalized spacial score (nSPS) is 18.5. The number of nitrogens with zero attached hydrogens (tertiary/aromatic N) is 4. The lowest BCUT2D eigenvalue weighted by molar-refractivity contribution is 0.751. The van der Waals surface area contributed by atoms with Crippen LogP contribution in [0.4, 0.5) is 11.6 Å². The first-order valence-corrected chi connectivity index (χ1v) is 8.74. The highest BCUT2D eigenvalue weighted by molar-refractivity contribution is 9.10. The minimum atomic E-state index is 0.187. The third kappa shape index (κ3) is 2.10. The van der Waals surface area contributed by atoms with E-state index in [2.05, 4.69) is 37.4 Å². The van der Waals surface area contributed by atoms with E-state index in [1.807, 2.05) is 11.6 Å². The van der Waals surface area contributed by atoms with E-state index in [1.165, 1.54) is 0 Å². The highest BCUT2D eigenvalue weighted by Crippen LogP contribution is 2.35. The summed E-state index contributed by atoms with van der Waals surface area (Å²) in [6, 6.07) is 2.25. The maximum Gasteiger partial charge on any atom is 0.167 e. The van der Waals surface area contributed by atoms with Crippen LogP contribution in [0, 0.1) is 0 Å². The molecule has 4 N–H and O–H groups in total. The first-order valence-electron chi connectivity index (χ1n) is 7.01. The van der Waals surface area contributed by atoms with Crippen LogP contribution in [-0.2, 0) is 0 Å². The second kappa shape index (κ2) is 5.22. The largest absolute Gasteiger partial charge is 0.383 e. The van der Waals surface area contributed by atoms with Gasteiger partial charge in [0.05, 0.1) is 6.20 Å². The van der Waals surface area contributed by atoms with Crippen molar-refractivity contribution in [2.75, 3.05) is 23.7 Å². The fourth-order valence-electron chi connectivity index (χ4n) is 2.79. The SMILES string of the molecule is Nc1c(Br)c(N2CC[C@H](N)C2)nc2c(-c3ccsc3)cnn12. The van der Waals surface area contributed by atoms with Crippen molar-refractivity contribution >= 4 is 44.5 Å². The van der Waals surface area contributed by atoms with Gasteiger partial charge in [-0.1, -0.05) is 0 Å². The average molecular weight is 379 g/mol. The van der Waals surface area contributed by atoms with Crippen molar-refractivity contribution in [1.82, 2.24) is 14.6 Å². The molecule has 1 aliphatic heterocycles. The van der Waals surface area contributed by atoms with Gasteiger partial charge in [-0.3, -0.25) is 0 Å². The minimum Gasteiger partial charge on any atom is -0.383 e. The predicted molar refractivity (Wildman–Crippen MR) is 93.2 cm³/mol. The zero-order chi connectivity index (χ0) is 15.3. The van der Waals surface area contributed by atoms with Gasteiger partial charge in [-0.2, -0.15) is 21.0 Å². The molecule has 0 aliphatic carbocycles. The maximum atomic E-state index is 6.25. The zero-order valence-electron chi connectivity index (χ0n) is 11.7. The predicted octanol–water partition coefficient (Wildman–Crippen LogP) is 2.34. The molecule has 8 heteroatoms. The molecular weight excluding hydrogens is 364 g/mol. The molecule has 114 valence electrons. The van der Waals surface area contributed by atoms with Crippen LogP contribution in [0.1, 0.15) is 6.42 Å². The molecular formula is C14H15BrN6S. The van der Waals surface area contributed by atoms with E-state index in [0.717, 1.165) is 46.6 Å². The van der Waals surface area contributed by atoms with Gasteiger partial charge >= 0.3 is 0 Å². The summed E-state index contributed by atoms with van der Waals surface area (Å²) < 4.78 is 2.45. The molecule has 0 saturated carbocycles. The molecule has 1 aliphatic rings. The Morgan fingerprint density at radius 3 is 2.95 bits per heavy atom. The van der Waals surface area contributed by atoms with Gasteiger partial charge in [-0.15, -0.1) is 0 Å². The second-order valence-corrected chi connectivity index (χ2v) is 7.01. The molecule has 6 nitrogen and oxygen atoms in total. The molecule has 1 fully saturated rings. The summed E-state index contributed by atoms with van der Waals surface area (Å²) in [6.45, 7) is 1.69. The number of hydrogen-bond donors (Lipinski definition) is 2. The number of halogens is 1. The van der Waals surface area contributed by atoms with Crippen molar-refractivity contribution in [3.63, 3.8) is 0 Å². The summed E-state index contributed by atoms with van der Waals surface area (Å²) in [6.07, 6.45) is 2.78. The van der Waals surface area contributed by atoms with Crippen LogP contribution >= 0.6 is 27.3 Å². The number of nitrogen functional groups attached to an aromatic ring is 1. The first-order chi connectivity index (χ1) is 10.6. The minimum absolute atomic E-state index is 0.187. The highest BCUT2D eigenvalue weighted by Gasteiger charge is 2.25. The highest BCUT2D eigenvalue weighted by atomic mass is 79.9.